The van der Waals surface area contributed by atoms with E-state index in [4.69, 9.17) is 34.8 Å². The summed E-state index contributed by atoms with van der Waals surface area (Å²) in [6.07, 6.45) is 0.962. The topological polar surface area (TPSA) is 86.8 Å². The monoisotopic (exact) mass is 505 g/mol. The van der Waals surface area contributed by atoms with E-state index < -0.39 is 34.4 Å². The maximum absolute atomic E-state index is 13.2. The van der Waals surface area contributed by atoms with E-state index in [1.54, 1.807) is 31.2 Å². The number of nitrogens with zero attached hydrogens (tertiary/aromatic N) is 2. The summed E-state index contributed by atoms with van der Waals surface area (Å²) < 4.78 is 25.8. The number of nitrogens with one attached hydrogen (secondary N) is 1. The van der Waals surface area contributed by atoms with Gasteiger partial charge < -0.3 is 10.2 Å². The summed E-state index contributed by atoms with van der Waals surface area (Å²) in [5.74, 6) is -0.985. The second-order valence-corrected chi connectivity index (χ2v) is 9.99. The number of benzene rings is 2. The largest absolute Gasteiger partial charge is 0.357 e. The number of hydrogen-bond donors (Lipinski definition) is 1. The third-order valence-electron chi connectivity index (χ3n) is 4.54. The average Bonchev–Trinajstić information content (AvgIpc) is 2.71. The minimum Gasteiger partial charge on any atom is -0.357 e. The van der Waals surface area contributed by atoms with E-state index in [-0.39, 0.29) is 22.3 Å². The molecule has 2 aromatic carbocycles. The quantitative estimate of drug-likeness (QED) is 0.593. The Kier molecular flexibility index (Phi) is 8.59. The van der Waals surface area contributed by atoms with Gasteiger partial charge >= 0.3 is 0 Å². The molecule has 1 N–H and O–H groups in total. The van der Waals surface area contributed by atoms with Gasteiger partial charge in [0.2, 0.25) is 21.8 Å². The molecule has 31 heavy (non-hydrogen) atoms. The minimum absolute atomic E-state index is 0.0732. The van der Waals surface area contributed by atoms with Crippen molar-refractivity contribution in [2.24, 2.45) is 0 Å². The van der Waals surface area contributed by atoms with Gasteiger partial charge in [-0.3, -0.25) is 13.9 Å². The van der Waals surface area contributed by atoms with Gasteiger partial charge in [-0.25, -0.2) is 8.42 Å². The average molecular weight is 507 g/mol. The Bertz CT molecular complexity index is 1060. The Labute approximate surface area is 196 Å². The molecule has 0 aromatic heterocycles. The lowest BCUT2D eigenvalue weighted by molar-refractivity contribution is -0.139. The molecule has 1 unspecified atom stereocenters. The molecule has 0 radical (unpaired) electrons. The summed E-state index contributed by atoms with van der Waals surface area (Å²) in [5.41, 5.74) is 0.796. The lowest BCUT2D eigenvalue weighted by Gasteiger charge is -2.31. The molecule has 0 aliphatic heterocycles. The van der Waals surface area contributed by atoms with Crippen LogP contribution < -0.4 is 9.62 Å². The van der Waals surface area contributed by atoms with Crippen molar-refractivity contribution in [2.45, 2.75) is 19.5 Å². The van der Waals surface area contributed by atoms with Gasteiger partial charge in [0.05, 0.1) is 17.0 Å². The van der Waals surface area contributed by atoms with Crippen LogP contribution in [0, 0.1) is 0 Å². The number of carbonyl (C=O) groups is 2. The van der Waals surface area contributed by atoms with E-state index in [1.807, 2.05) is 0 Å². The van der Waals surface area contributed by atoms with Crippen LogP contribution in [0.1, 0.15) is 12.5 Å². The predicted molar refractivity (Wildman–Crippen MR) is 124 cm³/mol. The van der Waals surface area contributed by atoms with Crippen LogP contribution in [0.5, 0.6) is 0 Å². The summed E-state index contributed by atoms with van der Waals surface area (Å²) in [4.78, 5) is 26.8. The molecule has 0 heterocycles. The minimum atomic E-state index is -3.89. The van der Waals surface area contributed by atoms with Gasteiger partial charge in [0.25, 0.3) is 0 Å². The van der Waals surface area contributed by atoms with Crippen LogP contribution in [0.3, 0.4) is 0 Å². The van der Waals surface area contributed by atoms with Crippen molar-refractivity contribution < 1.29 is 18.0 Å². The molecule has 0 aliphatic rings. The van der Waals surface area contributed by atoms with E-state index in [2.05, 4.69) is 5.32 Å². The zero-order valence-corrected chi connectivity index (χ0v) is 20.2. The number of carbonyl (C=O) groups excluding carboxylic acids is 2. The second-order valence-electron chi connectivity index (χ2n) is 6.80. The molecular formula is C20H22Cl3N3O4S. The lowest BCUT2D eigenvalue weighted by atomic mass is 10.1. The number of amides is 2. The molecule has 1 atom stereocenters. The molecule has 11 heteroatoms. The van der Waals surface area contributed by atoms with Gasteiger partial charge in [-0.1, -0.05) is 46.9 Å². The smallest absolute Gasteiger partial charge is 0.244 e. The van der Waals surface area contributed by atoms with Crippen molar-refractivity contribution in [3.8, 4) is 0 Å². The number of halogens is 3. The number of rotatable bonds is 8. The van der Waals surface area contributed by atoms with Crippen LogP contribution in [0.15, 0.2) is 42.5 Å². The van der Waals surface area contributed by atoms with Crippen LogP contribution in [0.4, 0.5) is 5.69 Å². The molecule has 168 valence electrons. The van der Waals surface area contributed by atoms with Crippen LogP contribution in [-0.2, 0) is 26.2 Å². The SMILES string of the molecule is CNC(=O)C(C)N(Cc1ccc(Cl)cc1)C(=O)CN(c1cc(Cl)ccc1Cl)S(C)(=O)=O. The molecule has 0 spiro atoms. The van der Waals surface area contributed by atoms with Crippen LogP contribution in [0.25, 0.3) is 0 Å². The highest BCUT2D eigenvalue weighted by Gasteiger charge is 2.30. The molecule has 0 bridgehead atoms. The third-order valence-corrected chi connectivity index (χ3v) is 6.47. The van der Waals surface area contributed by atoms with Gasteiger partial charge in [-0.15, -0.1) is 0 Å². The van der Waals surface area contributed by atoms with E-state index >= 15 is 0 Å². The zero-order valence-electron chi connectivity index (χ0n) is 17.1. The first kappa shape index (κ1) is 25.3. The number of likely N-dealkylation sites (N-methyl/N-ethyl adjacent to an activating group) is 1. The van der Waals surface area contributed by atoms with Crippen LogP contribution in [-0.4, -0.2) is 51.0 Å². The highest BCUT2D eigenvalue weighted by Crippen LogP contribution is 2.31. The summed E-state index contributed by atoms with van der Waals surface area (Å²) in [6, 6.07) is 10.2. The Morgan fingerprint density at radius 1 is 1.03 bits per heavy atom. The van der Waals surface area contributed by atoms with Gasteiger partial charge in [0, 0.05) is 23.6 Å². The van der Waals surface area contributed by atoms with Crippen molar-refractivity contribution >= 4 is 62.3 Å². The first-order chi connectivity index (χ1) is 14.4. The fraction of sp³-hybridized carbons (Fsp3) is 0.300. The Hall–Kier alpha value is -2.00. The van der Waals surface area contributed by atoms with Gasteiger partial charge in [0.15, 0.2) is 0 Å². The molecule has 7 nitrogen and oxygen atoms in total. The molecule has 0 saturated carbocycles. The van der Waals surface area contributed by atoms with E-state index in [1.165, 1.54) is 30.1 Å². The maximum Gasteiger partial charge on any atom is 0.244 e. The van der Waals surface area contributed by atoms with Gasteiger partial charge in [0.1, 0.15) is 12.6 Å². The van der Waals surface area contributed by atoms with Gasteiger partial charge in [-0.2, -0.15) is 0 Å². The molecule has 0 aliphatic carbocycles. The molecule has 0 saturated heterocycles. The molecule has 0 fully saturated rings. The van der Waals surface area contributed by atoms with Crippen molar-refractivity contribution in [3.63, 3.8) is 0 Å². The third kappa shape index (κ3) is 6.74. The predicted octanol–water partition coefficient (Wildman–Crippen LogP) is 3.58. The van der Waals surface area contributed by atoms with Crippen molar-refractivity contribution in [3.05, 3.63) is 63.1 Å². The Morgan fingerprint density at radius 2 is 1.61 bits per heavy atom. The Morgan fingerprint density at radius 3 is 2.16 bits per heavy atom. The highest BCUT2D eigenvalue weighted by molar-refractivity contribution is 7.92. The fourth-order valence-corrected chi connectivity index (χ4v) is 4.27. The van der Waals surface area contributed by atoms with Crippen molar-refractivity contribution in [1.29, 1.82) is 0 Å². The van der Waals surface area contributed by atoms with Crippen LogP contribution >= 0.6 is 34.8 Å². The summed E-state index contributed by atoms with van der Waals surface area (Å²) >= 11 is 18.1. The summed E-state index contributed by atoms with van der Waals surface area (Å²) in [7, 11) is -2.43. The first-order valence-electron chi connectivity index (χ1n) is 9.12. The first-order valence-corrected chi connectivity index (χ1v) is 12.1. The highest BCUT2D eigenvalue weighted by atomic mass is 35.5. The van der Waals surface area contributed by atoms with Crippen molar-refractivity contribution in [1.82, 2.24) is 10.2 Å². The summed E-state index contributed by atoms with van der Waals surface area (Å²) in [6.45, 7) is 1.07. The fourth-order valence-electron chi connectivity index (χ4n) is 2.85. The summed E-state index contributed by atoms with van der Waals surface area (Å²) in [5, 5.41) is 3.41. The van der Waals surface area contributed by atoms with Gasteiger partial charge in [-0.05, 0) is 42.8 Å². The Balaban J connectivity index is 2.42. The standard InChI is InChI=1S/C20H22Cl3N3O4S/c1-13(20(28)24-2)25(11-14-4-6-15(21)7-5-14)19(27)12-26(31(3,29)30)18-10-16(22)8-9-17(18)23/h4-10,13H,11-12H2,1-3H3,(H,24,28). The number of hydrogen-bond acceptors (Lipinski definition) is 4. The molecule has 2 aromatic rings. The number of sulfonamides is 1. The number of anilines is 1. The van der Waals surface area contributed by atoms with E-state index in [9.17, 15) is 18.0 Å². The zero-order chi connectivity index (χ0) is 23.3. The normalized spacial score (nSPS) is 12.2. The van der Waals surface area contributed by atoms with Crippen LogP contribution in [0.2, 0.25) is 15.1 Å². The lowest BCUT2D eigenvalue weighted by Crippen LogP contribution is -2.50. The van der Waals surface area contributed by atoms with Crippen molar-refractivity contribution in [2.75, 3.05) is 24.2 Å². The second kappa shape index (κ2) is 10.5. The maximum atomic E-state index is 13.2. The molecule has 2 amide bonds. The molecular weight excluding hydrogens is 485 g/mol. The van der Waals surface area contributed by atoms with E-state index in [0.717, 1.165) is 16.1 Å². The molecule has 2 rings (SSSR count). The van der Waals surface area contributed by atoms with E-state index in [0.29, 0.717) is 5.02 Å².